The van der Waals surface area contributed by atoms with Gasteiger partial charge in [0.15, 0.2) is 0 Å². The van der Waals surface area contributed by atoms with E-state index in [0.29, 0.717) is 13.2 Å². The molecule has 2 atom stereocenters. The van der Waals surface area contributed by atoms with E-state index in [9.17, 15) is 0 Å². The van der Waals surface area contributed by atoms with E-state index in [1.54, 1.807) is 0 Å². The first kappa shape index (κ1) is 22.8. The van der Waals surface area contributed by atoms with Gasteiger partial charge in [-0.15, -0.1) is 0 Å². The third-order valence-corrected chi connectivity index (χ3v) is 5.49. The molecule has 2 nitrogen and oxygen atoms in total. The van der Waals surface area contributed by atoms with Crippen LogP contribution in [0.5, 0.6) is 5.75 Å². The van der Waals surface area contributed by atoms with Gasteiger partial charge >= 0.3 is 0 Å². The van der Waals surface area contributed by atoms with Gasteiger partial charge in [0, 0.05) is 5.92 Å². The van der Waals surface area contributed by atoms with Crippen LogP contribution < -0.4 is 4.74 Å². The number of alkyl halides is 1. The lowest BCUT2D eigenvalue weighted by Gasteiger charge is -2.27. The third kappa shape index (κ3) is 6.25. The Balaban J connectivity index is 1.97. The Bertz CT molecular complexity index is 741. The molecule has 0 fully saturated rings. The lowest BCUT2D eigenvalue weighted by Crippen LogP contribution is -2.20. The van der Waals surface area contributed by atoms with Gasteiger partial charge < -0.3 is 9.47 Å². The Labute approximate surface area is 176 Å². The highest BCUT2D eigenvalue weighted by Gasteiger charge is 2.23. The summed E-state index contributed by atoms with van der Waals surface area (Å²) in [6, 6.07) is 16.7. The molecule has 2 rings (SSSR count). The molecule has 0 aliphatic heterocycles. The second-order valence-electron chi connectivity index (χ2n) is 9.48. The summed E-state index contributed by atoms with van der Waals surface area (Å²) in [7, 11) is 0. The van der Waals surface area contributed by atoms with Crippen molar-refractivity contribution < 1.29 is 9.47 Å². The maximum atomic E-state index is 6.44. The first-order valence-corrected chi connectivity index (χ1v) is 10.5. The zero-order valence-corrected chi connectivity index (χ0v) is 19.1. The molecule has 0 aliphatic rings. The van der Waals surface area contributed by atoms with Crippen LogP contribution in [-0.2, 0) is 15.6 Å². The second-order valence-corrected chi connectivity index (χ2v) is 9.91. The molecular formula is C25H35ClO2. The molecule has 154 valence electrons. The van der Waals surface area contributed by atoms with Crippen LogP contribution in [0.4, 0.5) is 0 Å². The van der Waals surface area contributed by atoms with Gasteiger partial charge in [-0.2, -0.15) is 0 Å². The Hall–Kier alpha value is -1.51. The molecule has 3 heteroatoms. The first-order valence-electron chi connectivity index (χ1n) is 10.1. The molecule has 2 unspecified atom stereocenters. The minimum atomic E-state index is -0.378. The van der Waals surface area contributed by atoms with Gasteiger partial charge in [0.1, 0.15) is 17.9 Å². The predicted octanol–water partition coefficient (Wildman–Crippen LogP) is 7.05. The van der Waals surface area contributed by atoms with E-state index < -0.39 is 0 Å². The molecule has 0 radical (unpaired) electrons. The van der Waals surface area contributed by atoms with Gasteiger partial charge in [0.05, 0.1) is 6.61 Å². The fourth-order valence-electron chi connectivity index (χ4n) is 3.07. The van der Waals surface area contributed by atoms with E-state index in [2.05, 4.69) is 78.8 Å². The Morgan fingerprint density at radius 3 is 2.07 bits per heavy atom. The lowest BCUT2D eigenvalue weighted by molar-refractivity contribution is 0.0669. The molecule has 2 aromatic rings. The van der Waals surface area contributed by atoms with Gasteiger partial charge in [-0.05, 0) is 33.6 Å². The molecule has 0 saturated heterocycles. The topological polar surface area (TPSA) is 18.5 Å². The Kier molecular flexibility index (Phi) is 7.59. The molecule has 0 heterocycles. The summed E-state index contributed by atoms with van der Waals surface area (Å²) in [6.45, 7) is 16.4. The van der Waals surface area contributed by atoms with Gasteiger partial charge in [-0.1, -0.05) is 103 Å². The normalized spacial score (nSPS) is 14.6. The van der Waals surface area contributed by atoms with Gasteiger partial charge in [0.25, 0.3) is 0 Å². The van der Waals surface area contributed by atoms with Crippen molar-refractivity contribution in [2.24, 2.45) is 0 Å². The van der Waals surface area contributed by atoms with E-state index in [1.807, 2.05) is 18.2 Å². The van der Waals surface area contributed by atoms with Crippen molar-refractivity contribution in [3.8, 4) is 5.75 Å². The van der Waals surface area contributed by atoms with Crippen LogP contribution >= 0.6 is 11.6 Å². The average molecular weight is 403 g/mol. The number of hydrogen-bond donors (Lipinski definition) is 0. The van der Waals surface area contributed by atoms with Crippen molar-refractivity contribution in [2.45, 2.75) is 70.8 Å². The van der Waals surface area contributed by atoms with E-state index >= 15 is 0 Å². The van der Waals surface area contributed by atoms with Crippen molar-refractivity contribution in [3.63, 3.8) is 0 Å². The van der Waals surface area contributed by atoms with Crippen LogP contribution in [0.1, 0.15) is 71.1 Å². The summed E-state index contributed by atoms with van der Waals surface area (Å²) in [5.41, 5.74) is 3.46. The molecule has 2 aromatic carbocycles. The summed E-state index contributed by atoms with van der Waals surface area (Å²) < 4.78 is 11.9. The smallest absolute Gasteiger partial charge is 0.137 e. The third-order valence-electron chi connectivity index (χ3n) is 4.99. The van der Waals surface area contributed by atoms with Crippen molar-refractivity contribution in [2.75, 3.05) is 13.2 Å². The van der Waals surface area contributed by atoms with E-state index in [-0.39, 0.29) is 22.3 Å². The number of ether oxygens (including phenoxy) is 2. The Morgan fingerprint density at radius 2 is 1.50 bits per heavy atom. The first-order chi connectivity index (χ1) is 13.0. The summed E-state index contributed by atoms with van der Waals surface area (Å²) >= 11 is 6.44. The molecule has 0 bridgehead atoms. The fraction of sp³-hybridized carbons (Fsp3) is 0.520. The van der Waals surface area contributed by atoms with E-state index in [4.69, 9.17) is 21.1 Å². The summed E-state index contributed by atoms with van der Waals surface area (Å²) in [5, 5.41) is 0. The highest BCUT2D eigenvalue weighted by molar-refractivity contribution is 6.20. The predicted molar refractivity (Wildman–Crippen MR) is 120 cm³/mol. The fourth-order valence-corrected chi connectivity index (χ4v) is 3.31. The number of benzene rings is 2. The van der Waals surface area contributed by atoms with Crippen molar-refractivity contribution in [3.05, 3.63) is 65.2 Å². The molecule has 0 aromatic heterocycles. The number of halogens is 1. The Morgan fingerprint density at radius 1 is 0.857 bits per heavy atom. The zero-order chi connectivity index (χ0) is 20.9. The SMILES string of the molecule is CC(c1ccccc1)C(Cl)OCCOc1ccc(C(C)(C)C)cc1C(C)(C)C. The van der Waals surface area contributed by atoms with Crippen molar-refractivity contribution >= 4 is 11.6 Å². The van der Waals surface area contributed by atoms with Crippen LogP contribution in [0.2, 0.25) is 0 Å². The highest BCUT2D eigenvalue weighted by Crippen LogP contribution is 2.35. The highest BCUT2D eigenvalue weighted by atomic mass is 35.5. The second kappa shape index (κ2) is 9.33. The maximum Gasteiger partial charge on any atom is 0.137 e. The summed E-state index contributed by atoms with van der Waals surface area (Å²) in [4.78, 5) is 0. The molecule has 0 aliphatic carbocycles. The van der Waals surface area contributed by atoms with Crippen LogP contribution in [0.15, 0.2) is 48.5 Å². The largest absolute Gasteiger partial charge is 0.491 e. The summed E-state index contributed by atoms with van der Waals surface area (Å²) in [5.74, 6) is 1.05. The van der Waals surface area contributed by atoms with Crippen LogP contribution in [-0.4, -0.2) is 18.8 Å². The van der Waals surface area contributed by atoms with E-state index in [0.717, 1.165) is 5.75 Å². The molecule has 0 spiro atoms. The van der Waals surface area contributed by atoms with Crippen molar-refractivity contribution in [1.82, 2.24) is 0 Å². The lowest BCUT2D eigenvalue weighted by atomic mass is 9.80. The monoisotopic (exact) mass is 402 g/mol. The van der Waals surface area contributed by atoms with Gasteiger partial charge in [0.2, 0.25) is 0 Å². The minimum Gasteiger partial charge on any atom is -0.491 e. The molecule has 0 amide bonds. The zero-order valence-electron chi connectivity index (χ0n) is 18.4. The molecule has 28 heavy (non-hydrogen) atoms. The van der Waals surface area contributed by atoms with Gasteiger partial charge in [-0.25, -0.2) is 0 Å². The quantitative estimate of drug-likeness (QED) is 0.365. The van der Waals surface area contributed by atoms with Gasteiger partial charge in [-0.3, -0.25) is 0 Å². The number of hydrogen-bond acceptors (Lipinski definition) is 2. The average Bonchev–Trinajstić information content (AvgIpc) is 2.63. The molecular weight excluding hydrogens is 368 g/mol. The summed E-state index contributed by atoms with van der Waals surface area (Å²) in [6.07, 6.45) is 0. The van der Waals surface area contributed by atoms with Crippen molar-refractivity contribution in [1.29, 1.82) is 0 Å². The minimum absolute atomic E-state index is 0.00823. The van der Waals surface area contributed by atoms with Crippen LogP contribution in [0.3, 0.4) is 0 Å². The van der Waals surface area contributed by atoms with Crippen LogP contribution in [0, 0.1) is 0 Å². The standard InChI is InChI=1S/C25H35ClO2/c1-18(19-11-9-8-10-12-19)23(26)28-16-15-27-22-14-13-20(24(2,3)4)17-21(22)25(5,6)7/h8-14,17-18,23H,15-16H2,1-7H3. The molecule has 0 N–H and O–H groups in total. The molecule has 0 saturated carbocycles. The number of rotatable bonds is 7. The van der Waals surface area contributed by atoms with Crippen LogP contribution in [0.25, 0.3) is 0 Å². The maximum absolute atomic E-state index is 6.44. The van der Waals surface area contributed by atoms with E-state index in [1.165, 1.54) is 16.7 Å².